The van der Waals surface area contributed by atoms with Crippen LogP contribution in [-0.4, -0.2) is 12.2 Å². The first-order chi connectivity index (χ1) is 5.20. The molecule has 66 valence electrons. The van der Waals surface area contributed by atoms with Crippen molar-refractivity contribution in [3.05, 3.63) is 0 Å². The molecule has 0 unspecified atom stereocenters. The lowest BCUT2D eigenvalue weighted by Gasteiger charge is -2.21. The standard InChI is InChI=1S/C10H20O/c1-8(2)9(3)11-10-6-4-5-7-10/h8-10H,4-7H2,1-3H3/t9-/m1/s1. The van der Waals surface area contributed by atoms with Crippen LogP contribution in [0, 0.1) is 5.92 Å². The summed E-state index contributed by atoms with van der Waals surface area (Å²) >= 11 is 0. The molecule has 1 atom stereocenters. The summed E-state index contributed by atoms with van der Waals surface area (Å²) < 4.78 is 5.87. The van der Waals surface area contributed by atoms with Crippen molar-refractivity contribution in [1.82, 2.24) is 0 Å². The molecule has 0 saturated heterocycles. The van der Waals surface area contributed by atoms with Crippen LogP contribution in [0.3, 0.4) is 0 Å². The van der Waals surface area contributed by atoms with E-state index < -0.39 is 0 Å². The summed E-state index contributed by atoms with van der Waals surface area (Å²) in [6.07, 6.45) is 6.34. The predicted molar refractivity (Wildman–Crippen MR) is 47.6 cm³/mol. The molecule has 1 aliphatic carbocycles. The van der Waals surface area contributed by atoms with Crippen molar-refractivity contribution in [2.24, 2.45) is 5.92 Å². The van der Waals surface area contributed by atoms with Crippen LogP contribution in [0.25, 0.3) is 0 Å². The summed E-state index contributed by atoms with van der Waals surface area (Å²) in [5.41, 5.74) is 0. The van der Waals surface area contributed by atoms with Crippen LogP contribution in [0.5, 0.6) is 0 Å². The molecule has 11 heavy (non-hydrogen) atoms. The molecular formula is C10H20O. The Morgan fingerprint density at radius 3 is 2.09 bits per heavy atom. The molecule has 0 N–H and O–H groups in total. The van der Waals surface area contributed by atoms with Crippen molar-refractivity contribution in [3.63, 3.8) is 0 Å². The van der Waals surface area contributed by atoms with Gasteiger partial charge in [0.1, 0.15) is 0 Å². The van der Waals surface area contributed by atoms with Crippen molar-refractivity contribution in [1.29, 1.82) is 0 Å². The first-order valence-corrected chi connectivity index (χ1v) is 4.85. The Balaban J connectivity index is 2.18. The van der Waals surface area contributed by atoms with Crippen LogP contribution in [0.15, 0.2) is 0 Å². The van der Waals surface area contributed by atoms with Gasteiger partial charge in [0.05, 0.1) is 12.2 Å². The molecule has 0 bridgehead atoms. The zero-order valence-electron chi connectivity index (χ0n) is 7.97. The van der Waals surface area contributed by atoms with Gasteiger partial charge < -0.3 is 4.74 Å². The van der Waals surface area contributed by atoms with Gasteiger partial charge in [-0.2, -0.15) is 0 Å². The van der Waals surface area contributed by atoms with E-state index in [1.54, 1.807) is 0 Å². The van der Waals surface area contributed by atoms with Crippen molar-refractivity contribution in [2.45, 2.75) is 58.7 Å². The van der Waals surface area contributed by atoms with E-state index in [2.05, 4.69) is 20.8 Å². The minimum atomic E-state index is 0.443. The zero-order valence-corrected chi connectivity index (χ0v) is 7.97. The molecule has 0 aromatic rings. The zero-order chi connectivity index (χ0) is 8.27. The molecule has 0 aromatic carbocycles. The van der Waals surface area contributed by atoms with Crippen molar-refractivity contribution < 1.29 is 4.74 Å². The van der Waals surface area contributed by atoms with Gasteiger partial charge in [-0.3, -0.25) is 0 Å². The van der Waals surface area contributed by atoms with Gasteiger partial charge in [-0.15, -0.1) is 0 Å². The van der Waals surface area contributed by atoms with Crippen LogP contribution in [0.4, 0.5) is 0 Å². The van der Waals surface area contributed by atoms with Gasteiger partial charge in [-0.25, -0.2) is 0 Å². The second-order valence-corrected chi connectivity index (χ2v) is 3.99. The van der Waals surface area contributed by atoms with Crippen LogP contribution in [-0.2, 0) is 4.74 Å². The highest BCUT2D eigenvalue weighted by Crippen LogP contribution is 2.23. The highest BCUT2D eigenvalue weighted by molar-refractivity contribution is 4.69. The van der Waals surface area contributed by atoms with Crippen molar-refractivity contribution in [2.75, 3.05) is 0 Å². The fourth-order valence-electron chi connectivity index (χ4n) is 1.49. The van der Waals surface area contributed by atoms with E-state index in [4.69, 9.17) is 4.74 Å². The Labute approximate surface area is 70.1 Å². The molecule has 1 rings (SSSR count). The van der Waals surface area contributed by atoms with Crippen molar-refractivity contribution >= 4 is 0 Å². The van der Waals surface area contributed by atoms with E-state index in [1.807, 2.05) is 0 Å². The first kappa shape index (κ1) is 9.05. The highest BCUT2D eigenvalue weighted by atomic mass is 16.5. The van der Waals surface area contributed by atoms with Gasteiger partial charge in [-0.05, 0) is 25.7 Å². The summed E-state index contributed by atoms with van der Waals surface area (Å²) in [7, 11) is 0. The average molecular weight is 156 g/mol. The molecule has 0 aromatic heterocycles. The highest BCUT2D eigenvalue weighted by Gasteiger charge is 2.19. The molecule has 1 aliphatic rings. The maximum Gasteiger partial charge on any atom is 0.0578 e. The van der Waals surface area contributed by atoms with E-state index in [1.165, 1.54) is 25.7 Å². The first-order valence-electron chi connectivity index (χ1n) is 4.85. The van der Waals surface area contributed by atoms with Crippen LogP contribution < -0.4 is 0 Å². The molecule has 0 heterocycles. The summed E-state index contributed by atoms with van der Waals surface area (Å²) in [6, 6.07) is 0. The molecule has 1 heteroatoms. The van der Waals surface area contributed by atoms with Gasteiger partial charge in [0.2, 0.25) is 0 Å². The maximum atomic E-state index is 5.87. The minimum Gasteiger partial charge on any atom is -0.375 e. The Hall–Kier alpha value is -0.0400. The lowest BCUT2D eigenvalue weighted by atomic mass is 10.1. The third kappa shape index (κ3) is 2.82. The van der Waals surface area contributed by atoms with E-state index in [0.29, 0.717) is 18.1 Å². The molecular weight excluding hydrogens is 136 g/mol. The fourth-order valence-corrected chi connectivity index (χ4v) is 1.49. The quantitative estimate of drug-likeness (QED) is 0.610. The van der Waals surface area contributed by atoms with Crippen LogP contribution in [0.2, 0.25) is 0 Å². The predicted octanol–water partition coefficient (Wildman–Crippen LogP) is 2.99. The van der Waals surface area contributed by atoms with Gasteiger partial charge in [0, 0.05) is 0 Å². The maximum absolute atomic E-state index is 5.87. The lowest BCUT2D eigenvalue weighted by molar-refractivity contribution is -0.0210. The van der Waals surface area contributed by atoms with Crippen LogP contribution >= 0.6 is 0 Å². The number of ether oxygens (including phenoxy) is 1. The monoisotopic (exact) mass is 156 g/mol. The van der Waals surface area contributed by atoms with E-state index in [9.17, 15) is 0 Å². The van der Waals surface area contributed by atoms with Crippen LogP contribution in [0.1, 0.15) is 46.5 Å². The molecule has 0 amide bonds. The second kappa shape index (κ2) is 4.10. The Kier molecular flexibility index (Phi) is 3.38. The number of hydrogen-bond acceptors (Lipinski definition) is 1. The van der Waals surface area contributed by atoms with E-state index >= 15 is 0 Å². The molecule has 0 spiro atoms. The topological polar surface area (TPSA) is 9.23 Å². The fraction of sp³-hybridized carbons (Fsp3) is 1.00. The SMILES string of the molecule is CC(C)[C@@H](C)OC1CCCC1. The summed E-state index contributed by atoms with van der Waals surface area (Å²) in [5.74, 6) is 0.663. The third-order valence-electron chi connectivity index (χ3n) is 2.65. The second-order valence-electron chi connectivity index (χ2n) is 3.99. The Morgan fingerprint density at radius 2 is 1.64 bits per heavy atom. The molecule has 0 aliphatic heterocycles. The molecule has 1 nitrogen and oxygen atoms in total. The van der Waals surface area contributed by atoms with Gasteiger partial charge in [-0.1, -0.05) is 26.7 Å². The van der Waals surface area contributed by atoms with Gasteiger partial charge in [0.25, 0.3) is 0 Å². The molecule has 1 fully saturated rings. The Bertz CT molecular complexity index is 103. The van der Waals surface area contributed by atoms with E-state index in [0.717, 1.165) is 0 Å². The summed E-state index contributed by atoms with van der Waals surface area (Å²) in [4.78, 5) is 0. The Morgan fingerprint density at radius 1 is 1.09 bits per heavy atom. The minimum absolute atomic E-state index is 0.443. The number of rotatable bonds is 3. The lowest BCUT2D eigenvalue weighted by Crippen LogP contribution is -2.21. The average Bonchev–Trinajstić information content (AvgIpc) is 2.39. The molecule has 1 saturated carbocycles. The largest absolute Gasteiger partial charge is 0.375 e. The normalized spacial score (nSPS) is 22.9. The van der Waals surface area contributed by atoms with Gasteiger partial charge in [0.15, 0.2) is 0 Å². The smallest absolute Gasteiger partial charge is 0.0578 e. The number of hydrogen-bond donors (Lipinski definition) is 0. The molecule has 0 radical (unpaired) electrons. The summed E-state index contributed by atoms with van der Waals surface area (Å²) in [5, 5.41) is 0. The third-order valence-corrected chi connectivity index (χ3v) is 2.65. The van der Waals surface area contributed by atoms with Gasteiger partial charge >= 0.3 is 0 Å². The van der Waals surface area contributed by atoms with Crippen molar-refractivity contribution in [3.8, 4) is 0 Å². The summed E-state index contributed by atoms with van der Waals surface area (Å²) in [6.45, 7) is 6.63. The van der Waals surface area contributed by atoms with E-state index in [-0.39, 0.29) is 0 Å².